The van der Waals surface area contributed by atoms with Crippen LogP contribution in [0.1, 0.15) is 24.0 Å². The minimum atomic E-state index is -0.345. The van der Waals surface area contributed by atoms with Gasteiger partial charge in [-0.25, -0.2) is 5.43 Å². The SMILES string of the molecule is COc1cccc(C=NNC(=O)CCC(=O)Nc2cccc(Cl)c2C)c1. The number of carbonyl (C=O) groups excluding carboxylic acids is 2. The van der Waals surface area contributed by atoms with Crippen molar-refractivity contribution in [2.45, 2.75) is 19.8 Å². The van der Waals surface area contributed by atoms with Gasteiger partial charge in [0.25, 0.3) is 0 Å². The highest BCUT2D eigenvalue weighted by Crippen LogP contribution is 2.23. The Hall–Kier alpha value is -2.86. The van der Waals surface area contributed by atoms with Gasteiger partial charge in [-0.05, 0) is 42.3 Å². The van der Waals surface area contributed by atoms with Crippen LogP contribution in [0.3, 0.4) is 0 Å². The van der Waals surface area contributed by atoms with E-state index in [-0.39, 0.29) is 24.7 Å². The molecule has 0 bridgehead atoms. The van der Waals surface area contributed by atoms with Gasteiger partial charge in [0.1, 0.15) is 5.75 Å². The van der Waals surface area contributed by atoms with Gasteiger partial charge < -0.3 is 10.1 Å². The summed E-state index contributed by atoms with van der Waals surface area (Å²) in [5.74, 6) is 0.0951. The van der Waals surface area contributed by atoms with Crippen LogP contribution in [0.2, 0.25) is 5.02 Å². The highest BCUT2D eigenvalue weighted by molar-refractivity contribution is 6.31. The van der Waals surface area contributed by atoms with Crippen molar-refractivity contribution in [3.8, 4) is 5.75 Å². The zero-order valence-electron chi connectivity index (χ0n) is 14.6. The first-order valence-corrected chi connectivity index (χ1v) is 8.38. The van der Waals surface area contributed by atoms with Crippen molar-refractivity contribution in [2.24, 2.45) is 5.10 Å². The summed E-state index contributed by atoms with van der Waals surface area (Å²) < 4.78 is 5.11. The topological polar surface area (TPSA) is 79.8 Å². The molecule has 0 aromatic heterocycles. The van der Waals surface area contributed by atoms with Gasteiger partial charge in [0, 0.05) is 23.6 Å². The van der Waals surface area contributed by atoms with E-state index in [1.165, 1.54) is 6.21 Å². The maximum Gasteiger partial charge on any atom is 0.240 e. The fourth-order valence-electron chi connectivity index (χ4n) is 2.14. The molecule has 2 aromatic carbocycles. The van der Waals surface area contributed by atoms with Crippen LogP contribution in [0, 0.1) is 6.92 Å². The smallest absolute Gasteiger partial charge is 0.240 e. The summed E-state index contributed by atoms with van der Waals surface area (Å²) in [5.41, 5.74) is 4.61. The van der Waals surface area contributed by atoms with Crippen LogP contribution in [-0.2, 0) is 9.59 Å². The van der Waals surface area contributed by atoms with Crippen LogP contribution in [0.4, 0.5) is 5.69 Å². The van der Waals surface area contributed by atoms with E-state index in [1.807, 2.05) is 25.1 Å². The van der Waals surface area contributed by atoms with Gasteiger partial charge in [-0.2, -0.15) is 5.10 Å². The number of ether oxygens (including phenoxy) is 1. The Labute approximate surface area is 157 Å². The Morgan fingerprint density at radius 3 is 2.65 bits per heavy atom. The van der Waals surface area contributed by atoms with Crippen molar-refractivity contribution in [1.82, 2.24) is 5.43 Å². The summed E-state index contributed by atoms with van der Waals surface area (Å²) in [6.45, 7) is 1.82. The van der Waals surface area contributed by atoms with Crippen LogP contribution in [-0.4, -0.2) is 25.1 Å². The minimum Gasteiger partial charge on any atom is -0.497 e. The van der Waals surface area contributed by atoms with E-state index in [2.05, 4.69) is 15.8 Å². The monoisotopic (exact) mass is 373 g/mol. The predicted molar refractivity (Wildman–Crippen MR) is 103 cm³/mol. The predicted octanol–water partition coefficient (Wildman–Crippen LogP) is 3.53. The fraction of sp³-hybridized carbons (Fsp3) is 0.211. The molecule has 0 atom stereocenters. The van der Waals surface area contributed by atoms with Gasteiger partial charge >= 0.3 is 0 Å². The zero-order valence-corrected chi connectivity index (χ0v) is 15.3. The second-order valence-corrected chi connectivity index (χ2v) is 5.94. The van der Waals surface area contributed by atoms with E-state index in [1.54, 1.807) is 31.4 Å². The quantitative estimate of drug-likeness (QED) is 0.575. The van der Waals surface area contributed by atoms with Crippen molar-refractivity contribution in [2.75, 3.05) is 12.4 Å². The van der Waals surface area contributed by atoms with Gasteiger partial charge in [0.2, 0.25) is 11.8 Å². The maximum absolute atomic E-state index is 12.0. The summed E-state index contributed by atoms with van der Waals surface area (Å²) in [6.07, 6.45) is 1.59. The average Bonchev–Trinajstić information content (AvgIpc) is 2.64. The molecule has 136 valence electrons. The minimum absolute atomic E-state index is 0.0287. The molecule has 2 amide bonds. The number of nitrogens with zero attached hydrogens (tertiary/aromatic N) is 1. The molecular weight excluding hydrogens is 354 g/mol. The number of halogens is 1. The molecule has 0 spiro atoms. The van der Waals surface area contributed by atoms with E-state index < -0.39 is 0 Å². The lowest BCUT2D eigenvalue weighted by Crippen LogP contribution is -2.20. The number of benzene rings is 2. The van der Waals surface area contributed by atoms with Gasteiger partial charge in [-0.15, -0.1) is 0 Å². The number of hydrazone groups is 1. The summed E-state index contributed by atoms with van der Waals surface area (Å²) in [5, 5.41) is 7.20. The van der Waals surface area contributed by atoms with Crippen molar-refractivity contribution in [3.63, 3.8) is 0 Å². The summed E-state index contributed by atoms with van der Waals surface area (Å²) >= 11 is 6.01. The van der Waals surface area contributed by atoms with Gasteiger partial charge in [-0.3, -0.25) is 9.59 Å². The molecule has 6 nitrogen and oxygen atoms in total. The van der Waals surface area contributed by atoms with Crippen molar-refractivity contribution in [1.29, 1.82) is 0 Å². The molecule has 2 rings (SSSR count). The fourth-order valence-corrected chi connectivity index (χ4v) is 2.31. The molecule has 7 heteroatoms. The highest BCUT2D eigenvalue weighted by Gasteiger charge is 2.09. The molecule has 26 heavy (non-hydrogen) atoms. The number of amides is 2. The number of nitrogens with one attached hydrogen (secondary N) is 2. The maximum atomic E-state index is 12.0. The molecule has 0 saturated heterocycles. The molecule has 0 radical (unpaired) electrons. The van der Waals surface area contributed by atoms with E-state index in [0.29, 0.717) is 16.5 Å². The average molecular weight is 374 g/mol. The number of hydrogen-bond acceptors (Lipinski definition) is 4. The second-order valence-electron chi connectivity index (χ2n) is 5.53. The largest absolute Gasteiger partial charge is 0.497 e. The van der Waals surface area contributed by atoms with Crippen molar-refractivity contribution < 1.29 is 14.3 Å². The Bertz CT molecular complexity index is 821. The number of hydrogen-bond donors (Lipinski definition) is 2. The highest BCUT2D eigenvalue weighted by atomic mass is 35.5. The molecule has 0 saturated carbocycles. The Kier molecular flexibility index (Phi) is 7.17. The standard InChI is InChI=1S/C19H20ClN3O3/c1-13-16(20)7-4-8-17(13)22-18(24)9-10-19(25)23-21-12-14-5-3-6-15(11-14)26-2/h3-8,11-12H,9-10H2,1-2H3,(H,22,24)(H,23,25). The van der Waals surface area contributed by atoms with Gasteiger partial charge in [0.15, 0.2) is 0 Å². The number of anilines is 1. The van der Waals surface area contributed by atoms with Crippen LogP contribution < -0.4 is 15.5 Å². The summed E-state index contributed by atoms with van der Waals surface area (Å²) in [6, 6.07) is 12.5. The van der Waals surface area contributed by atoms with Crippen LogP contribution in [0.15, 0.2) is 47.6 Å². The second kappa shape index (κ2) is 9.58. The molecule has 0 aliphatic heterocycles. The number of carbonyl (C=O) groups is 2. The zero-order chi connectivity index (χ0) is 18.9. The first-order valence-electron chi connectivity index (χ1n) is 8.00. The third-order valence-electron chi connectivity index (χ3n) is 3.62. The number of methoxy groups -OCH3 is 1. The molecule has 0 unspecified atom stereocenters. The van der Waals surface area contributed by atoms with E-state index in [4.69, 9.17) is 16.3 Å². The molecule has 0 aliphatic rings. The van der Waals surface area contributed by atoms with Crippen LogP contribution in [0.25, 0.3) is 0 Å². The van der Waals surface area contributed by atoms with E-state index in [9.17, 15) is 9.59 Å². The Balaban J connectivity index is 1.78. The van der Waals surface area contributed by atoms with Gasteiger partial charge in [-0.1, -0.05) is 29.8 Å². The molecule has 2 N–H and O–H groups in total. The first-order chi connectivity index (χ1) is 12.5. The Morgan fingerprint density at radius 1 is 1.15 bits per heavy atom. The third-order valence-corrected chi connectivity index (χ3v) is 4.03. The van der Waals surface area contributed by atoms with Crippen molar-refractivity contribution >= 4 is 35.3 Å². The molecular formula is C19H20ClN3O3. The van der Waals surface area contributed by atoms with Gasteiger partial charge in [0.05, 0.1) is 13.3 Å². The molecule has 0 fully saturated rings. The van der Waals surface area contributed by atoms with Crippen LogP contribution in [0.5, 0.6) is 5.75 Å². The van der Waals surface area contributed by atoms with E-state index >= 15 is 0 Å². The number of rotatable bonds is 7. The lowest BCUT2D eigenvalue weighted by atomic mass is 10.2. The summed E-state index contributed by atoms with van der Waals surface area (Å²) in [4.78, 5) is 23.7. The first kappa shape index (κ1) is 19.5. The van der Waals surface area contributed by atoms with E-state index in [0.717, 1.165) is 11.1 Å². The lowest BCUT2D eigenvalue weighted by molar-refractivity contribution is -0.124. The molecule has 0 heterocycles. The normalized spacial score (nSPS) is 10.6. The Morgan fingerprint density at radius 2 is 1.88 bits per heavy atom. The molecule has 0 aliphatic carbocycles. The third kappa shape index (κ3) is 5.89. The lowest BCUT2D eigenvalue weighted by Gasteiger charge is -2.09. The molecule has 2 aromatic rings. The van der Waals surface area contributed by atoms with Crippen LogP contribution >= 0.6 is 11.6 Å². The summed E-state index contributed by atoms with van der Waals surface area (Å²) in [7, 11) is 1.58. The van der Waals surface area contributed by atoms with Crippen molar-refractivity contribution in [3.05, 3.63) is 58.6 Å².